The molecule has 0 aliphatic carbocycles. The molecule has 0 atom stereocenters. The zero-order chi connectivity index (χ0) is 20.1. The number of rotatable bonds is 3. The van der Waals surface area contributed by atoms with E-state index in [1.165, 1.54) is 12.1 Å². The molecule has 2 aromatic carbocycles. The minimum Gasteiger partial charge on any atom is -0.378 e. The number of anilines is 2. The van der Waals surface area contributed by atoms with E-state index in [0.29, 0.717) is 37.6 Å². The summed E-state index contributed by atoms with van der Waals surface area (Å²) in [5, 5.41) is 5.76. The lowest BCUT2D eigenvalue weighted by Gasteiger charge is -2.26. The van der Waals surface area contributed by atoms with Gasteiger partial charge in [-0.1, -0.05) is 6.07 Å². The SMILES string of the molecule is O=C(c1ccc(NC(=S)Nc2cccc(C(F)(F)F)c2)cc1)N1CCOCC1. The highest BCUT2D eigenvalue weighted by atomic mass is 32.1. The predicted molar refractivity (Wildman–Crippen MR) is 104 cm³/mol. The molecular formula is C19H18F3N3O2S. The molecule has 9 heteroatoms. The average molecular weight is 409 g/mol. The van der Waals surface area contributed by atoms with Gasteiger partial charge in [0, 0.05) is 30.0 Å². The molecule has 2 aromatic rings. The van der Waals surface area contributed by atoms with E-state index in [0.717, 1.165) is 12.1 Å². The number of hydrogen-bond donors (Lipinski definition) is 2. The fraction of sp³-hybridized carbons (Fsp3) is 0.263. The molecule has 0 radical (unpaired) electrons. The van der Waals surface area contributed by atoms with Gasteiger partial charge in [-0.05, 0) is 54.7 Å². The Morgan fingerprint density at radius 1 is 1.00 bits per heavy atom. The van der Waals surface area contributed by atoms with Crippen LogP contribution in [-0.4, -0.2) is 42.2 Å². The molecule has 1 aliphatic heterocycles. The molecule has 28 heavy (non-hydrogen) atoms. The first-order valence-electron chi connectivity index (χ1n) is 8.55. The van der Waals surface area contributed by atoms with E-state index in [2.05, 4.69) is 10.6 Å². The van der Waals surface area contributed by atoms with Crippen molar-refractivity contribution < 1.29 is 22.7 Å². The normalized spacial score (nSPS) is 14.5. The molecule has 1 amide bonds. The summed E-state index contributed by atoms with van der Waals surface area (Å²) in [7, 11) is 0. The van der Waals surface area contributed by atoms with Crippen molar-refractivity contribution >= 4 is 34.6 Å². The Labute approximate surface area is 165 Å². The first-order valence-corrected chi connectivity index (χ1v) is 8.96. The highest BCUT2D eigenvalue weighted by Crippen LogP contribution is 2.30. The second kappa shape index (κ2) is 8.57. The summed E-state index contributed by atoms with van der Waals surface area (Å²) in [4.78, 5) is 14.1. The second-order valence-corrected chi connectivity index (χ2v) is 6.55. The van der Waals surface area contributed by atoms with Crippen LogP contribution in [0.2, 0.25) is 0 Å². The largest absolute Gasteiger partial charge is 0.416 e. The van der Waals surface area contributed by atoms with Crippen LogP contribution >= 0.6 is 12.2 Å². The van der Waals surface area contributed by atoms with Crippen molar-refractivity contribution in [1.29, 1.82) is 0 Å². The van der Waals surface area contributed by atoms with Gasteiger partial charge in [0.1, 0.15) is 0 Å². The van der Waals surface area contributed by atoms with Crippen LogP contribution in [0.3, 0.4) is 0 Å². The fourth-order valence-corrected chi connectivity index (χ4v) is 2.95. The highest BCUT2D eigenvalue weighted by molar-refractivity contribution is 7.80. The molecule has 0 unspecified atom stereocenters. The van der Waals surface area contributed by atoms with Gasteiger partial charge in [0.25, 0.3) is 5.91 Å². The van der Waals surface area contributed by atoms with Crippen LogP contribution in [0, 0.1) is 0 Å². The number of amides is 1. The lowest BCUT2D eigenvalue weighted by molar-refractivity contribution is -0.137. The van der Waals surface area contributed by atoms with Gasteiger partial charge in [0.05, 0.1) is 18.8 Å². The Balaban J connectivity index is 1.59. The van der Waals surface area contributed by atoms with Crippen molar-refractivity contribution in [3.8, 4) is 0 Å². The Morgan fingerprint density at radius 2 is 1.64 bits per heavy atom. The molecule has 0 saturated carbocycles. The number of halogens is 3. The minimum atomic E-state index is -4.42. The molecule has 2 N–H and O–H groups in total. The zero-order valence-electron chi connectivity index (χ0n) is 14.8. The van der Waals surface area contributed by atoms with Crippen molar-refractivity contribution in [3.05, 3.63) is 59.7 Å². The third-order valence-electron chi connectivity index (χ3n) is 4.14. The lowest BCUT2D eigenvalue weighted by atomic mass is 10.1. The van der Waals surface area contributed by atoms with Crippen molar-refractivity contribution in [1.82, 2.24) is 4.90 Å². The summed E-state index contributed by atoms with van der Waals surface area (Å²) >= 11 is 5.15. The standard InChI is InChI=1S/C19H18F3N3O2S/c20-19(21,22)14-2-1-3-16(12-14)24-18(28)23-15-6-4-13(5-7-15)17(26)25-8-10-27-11-9-25/h1-7,12H,8-11H2,(H2,23,24,28). The maximum absolute atomic E-state index is 12.8. The second-order valence-electron chi connectivity index (χ2n) is 6.14. The summed E-state index contributed by atoms with van der Waals surface area (Å²) in [6.45, 7) is 2.18. The van der Waals surface area contributed by atoms with Gasteiger partial charge in [0.15, 0.2) is 5.11 Å². The highest BCUT2D eigenvalue weighted by Gasteiger charge is 2.30. The summed E-state index contributed by atoms with van der Waals surface area (Å²) in [6, 6.07) is 11.5. The number of alkyl halides is 3. The van der Waals surface area contributed by atoms with Gasteiger partial charge >= 0.3 is 6.18 Å². The molecule has 0 spiro atoms. The average Bonchev–Trinajstić information content (AvgIpc) is 2.68. The van der Waals surface area contributed by atoms with E-state index in [4.69, 9.17) is 17.0 Å². The first kappa shape index (κ1) is 20.1. The summed E-state index contributed by atoms with van der Waals surface area (Å²) in [5.74, 6) is -0.0699. The molecule has 1 fully saturated rings. The van der Waals surface area contributed by atoms with Crippen LogP contribution < -0.4 is 10.6 Å². The number of carbonyl (C=O) groups excluding carboxylic acids is 1. The van der Waals surface area contributed by atoms with Crippen LogP contribution in [0.25, 0.3) is 0 Å². The van der Waals surface area contributed by atoms with Gasteiger partial charge in [-0.15, -0.1) is 0 Å². The van der Waals surface area contributed by atoms with E-state index >= 15 is 0 Å². The van der Waals surface area contributed by atoms with Crippen molar-refractivity contribution in [2.75, 3.05) is 36.9 Å². The number of hydrogen-bond acceptors (Lipinski definition) is 3. The maximum atomic E-state index is 12.8. The van der Waals surface area contributed by atoms with Crippen molar-refractivity contribution in [2.24, 2.45) is 0 Å². The third kappa shape index (κ3) is 5.20. The number of morpholine rings is 1. The number of carbonyl (C=O) groups is 1. The van der Waals surface area contributed by atoms with Crippen molar-refractivity contribution in [2.45, 2.75) is 6.18 Å². The minimum absolute atomic E-state index is 0.0699. The Morgan fingerprint density at radius 3 is 2.29 bits per heavy atom. The van der Waals surface area contributed by atoms with Gasteiger partial charge in [-0.25, -0.2) is 0 Å². The van der Waals surface area contributed by atoms with E-state index in [9.17, 15) is 18.0 Å². The van der Waals surface area contributed by atoms with Crippen molar-refractivity contribution in [3.63, 3.8) is 0 Å². The topological polar surface area (TPSA) is 53.6 Å². The molecule has 1 saturated heterocycles. The van der Waals surface area contributed by atoms with E-state index in [1.807, 2.05) is 0 Å². The number of benzene rings is 2. The van der Waals surface area contributed by atoms with E-state index in [-0.39, 0.29) is 16.7 Å². The van der Waals surface area contributed by atoms with E-state index < -0.39 is 11.7 Å². The Kier molecular flexibility index (Phi) is 6.15. The van der Waals surface area contributed by atoms with Crippen LogP contribution in [-0.2, 0) is 10.9 Å². The van der Waals surface area contributed by atoms with Crippen LogP contribution in [0.15, 0.2) is 48.5 Å². The quantitative estimate of drug-likeness (QED) is 0.751. The Bertz CT molecular complexity index is 850. The molecule has 1 aliphatic rings. The van der Waals surface area contributed by atoms with Gasteiger partial charge in [-0.2, -0.15) is 13.2 Å². The van der Waals surface area contributed by atoms with Gasteiger partial charge < -0.3 is 20.3 Å². The molecule has 0 aromatic heterocycles. The summed E-state index contributed by atoms with van der Waals surface area (Å²) < 4.78 is 43.6. The number of thiocarbonyl (C=S) groups is 1. The first-order chi connectivity index (χ1) is 13.3. The summed E-state index contributed by atoms with van der Waals surface area (Å²) in [6.07, 6.45) is -4.42. The zero-order valence-corrected chi connectivity index (χ0v) is 15.6. The number of ether oxygens (including phenoxy) is 1. The molecule has 5 nitrogen and oxygen atoms in total. The molecule has 148 valence electrons. The van der Waals surface area contributed by atoms with Gasteiger partial charge in [-0.3, -0.25) is 4.79 Å². The number of nitrogens with zero attached hydrogens (tertiary/aromatic N) is 1. The Hall–Kier alpha value is -2.65. The maximum Gasteiger partial charge on any atom is 0.416 e. The molecule has 0 bridgehead atoms. The predicted octanol–water partition coefficient (Wildman–Crippen LogP) is 3.99. The van der Waals surface area contributed by atoms with E-state index in [1.54, 1.807) is 29.2 Å². The molecule has 1 heterocycles. The third-order valence-corrected chi connectivity index (χ3v) is 4.34. The lowest BCUT2D eigenvalue weighted by Crippen LogP contribution is -2.40. The number of nitrogens with one attached hydrogen (secondary N) is 2. The van der Waals surface area contributed by atoms with Gasteiger partial charge in [0.2, 0.25) is 0 Å². The fourth-order valence-electron chi connectivity index (χ4n) is 2.71. The molecule has 3 rings (SSSR count). The summed E-state index contributed by atoms with van der Waals surface area (Å²) in [5.41, 5.74) is 0.630. The smallest absolute Gasteiger partial charge is 0.378 e. The monoisotopic (exact) mass is 409 g/mol. The van der Waals surface area contributed by atoms with Crippen LogP contribution in [0.5, 0.6) is 0 Å². The van der Waals surface area contributed by atoms with Crippen LogP contribution in [0.4, 0.5) is 24.5 Å². The molecular weight excluding hydrogens is 391 g/mol. The van der Waals surface area contributed by atoms with Crippen LogP contribution in [0.1, 0.15) is 15.9 Å².